The Morgan fingerprint density at radius 1 is 1.40 bits per heavy atom. The summed E-state index contributed by atoms with van der Waals surface area (Å²) in [6.07, 6.45) is 4.12. The number of aromatic nitrogens is 1. The molecule has 0 fully saturated rings. The van der Waals surface area contributed by atoms with Crippen molar-refractivity contribution in [2.24, 2.45) is 16.8 Å². The van der Waals surface area contributed by atoms with Crippen molar-refractivity contribution < 1.29 is 5.21 Å². The van der Waals surface area contributed by atoms with Crippen LogP contribution in [0.15, 0.2) is 23.5 Å². The Kier molecular flexibility index (Phi) is 7.01. The van der Waals surface area contributed by atoms with Gasteiger partial charge in [-0.05, 0) is 30.2 Å². The topological polar surface area (TPSA) is 74.7 Å². The molecule has 0 spiro atoms. The lowest BCUT2D eigenvalue weighted by molar-refractivity contribution is 0.226. The molecule has 1 rings (SSSR count). The summed E-state index contributed by atoms with van der Waals surface area (Å²) in [6.45, 7) is 9.63. The normalized spacial score (nSPS) is 12.3. The van der Waals surface area contributed by atoms with Crippen LogP contribution in [0.4, 0.5) is 0 Å². The molecule has 1 aromatic heterocycles. The molecule has 1 heterocycles. The molecule has 0 saturated heterocycles. The van der Waals surface area contributed by atoms with Gasteiger partial charge in [0.1, 0.15) is 5.69 Å². The fourth-order valence-electron chi connectivity index (χ4n) is 2.24. The molecular formula is C15H26N4O. The number of rotatable bonds is 8. The predicted molar refractivity (Wildman–Crippen MR) is 81.8 cm³/mol. The molecule has 112 valence electrons. The Morgan fingerprint density at radius 2 is 2.10 bits per heavy atom. The van der Waals surface area contributed by atoms with E-state index in [1.807, 2.05) is 12.1 Å². The highest BCUT2D eigenvalue weighted by Gasteiger charge is 2.11. The fourth-order valence-corrected chi connectivity index (χ4v) is 2.24. The van der Waals surface area contributed by atoms with E-state index in [9.17, 15) is 0 Å². The smallest absolute Gasteiger partial charge is 0.188 e. The van der Waals surface area contributed by atoms with E-state index in [1.54, 1.807) is 6.20 Å². The molecule has 0 aromatic carbocycles. The van der Waals surface area contributed by atoms with Crippen LogP contribution >= 0.6 is 0 Å². The van der Waals surface area contributed by atoms with E-state index in [-0.39, 0.29) is 5.84 Å². The second kappa shape index (κ2) is 8.53. The number of hydrogen-bond acceptors (Lipinski definition) is 4. The van der Waals surface area contributed by atoms with E-state index < -0.39 is 0 Å². The largest absolute Gasteiger partial charge is 0.409 e. The molecule has 0 unspecified atom stereocenters. The third-order valence-corrected chi connectivity index (χ3v) is 3.72. The van der Waals surface area contributed by atoms with Crippen molar-refractivity contribution in [1.29, 1.82) is 0 Å². The molecule has 5 nitrogen and oxygen atoms in total. The van der Waals surface area contributed by atoms with Gasteiger partial charge in [-0.2, -0.15) is 0 Å². The third-order valence-electron chi connectivity index (χ3n) is 3.72. The van der Waals surface area contributed by atoms with Gasteiger partial charge in [0.15, 0.2) is 5.84 Å². The second-order valence-corrected chi connectivity index (χ2v) is 5.04. The van der Waals surface area contributed by atoms with Gasteiger partial charge in [0.2, 0.25) is 0 Å². The number of pyridine rings is 1. The zero-order valence-corrected chi connectivity index (χ0v) is 12.7. The summed E-state index contributed by atoms with van der Waals surface area (Å²) in [4.78, 5) is 6.52. The molecule has 0 aliphatic carbocycles. The SMILES string of the molecule is CCC(CC)CN(CC)Cc1ccnc(C(N)=NO)c1. The minimum atomic E-state index is 0.0508. The highest BCUT2D eigenvalue weighted by atomic mass is 16.4. The first-order valence-corrected chi connectivity index (χ1v) is 7.29. The van der Waals surface area contributed by atoms with Crippen LogP contribution in [-0.4, -0.2) is 34.0 Å². The summed E-state index contributed by atoms with van der Waals surface area (Å²) in [5.41, 5.74) is 7.23. The van der Waals surface area contributed by atoms with Crippen LogP contribution < -0.4 is 5.73 Å². The van der Waals surface area contributed by atoms with Crippen molar-refractivity contribution in [2.75, 3.05) is 13.1 Å². The first kappa shape index (κ1) is 16.4. The lowest BCUT2D eigenvalue weighted by atomic mass is 10.0. The number of nitrogens with zero attached hydrogens (tertiary/aromatic N) is 3. The van der Waals surface area contributed by atoms with Crippen molar-refractivity contribution in [3.8, 4) is 0 Å². The predicted octanol–water partition coefficient (Wildman–Crippen LogP) is 2.43. The van der Waals surface area contributed by atoms with E-state index in [2.05, 4.69) is 35.8 Å². The molecule has 0 aliphatic rings. The Balaban J connectivity index is 2.74. The summed E-state index contributed by atoms with van der Waals surface area (Å²) in [5.74, 6) is 0.787. The quantitative estimate of drug-likeness (QED) is 0.331. The second-order valence-electron chi connectivity index (χ2n) is 5.04. The Bertz CT molecular complexity index is 430. The lowest BCUT2D eigenvalue weighted by Gasteiger charge is -2.25. The summed E-state index contributed by atoms with van der Waals surface area (Å²) < 4.78 is 0. The van der Waals surface area contributed by atoms with Crippen LogP contribution in [0.25, 0.3) is 0 Å². The third kappa shape index (κ3) is 4.81. The Morgan fingerprint density at radius 3 is 2.65 bits per heavy atom. The van der Waals surface area contributed by atoms with Crippen LogP contribution in [0, 0.1) is 5.92 Å². The highest BCUT2D eigenvalue weighted by Crippen LogP contribution is 2.13. The molecule has 0 radical (unpaired) electrons. The van der Waals surface area contributed by atoms with E-state index in [0.29, 0.717) is 5.69 Å². The fraction of sp³-hybridized carbons (Fsp3) is 0.600. The first-order valence-electron chi connectivity index (χ1n) is 7.29. The van der Waals surface area contributed by atoms with Crippen LogP contribution in [-0.2, 0) is 6.54 Å². The molecule has 0 bridgehead atoms. The van der Waals surface area contributed by atoms with Gasteiger partial charge in [0.05, 0.1) is 0 Å². The van der Waals surface area contributed by atoms with Crippen molar-refractivity contribution in [2.45, 2.75) is 40.2 Å². The summed E-state index contributed by atoms with van der Waals surface area (Å²) in [7, 11) is 0. The zero-order valence-electron chi connectivity index (χ0n) is 12.7. The maximum Gasteiger partial charge on any atom is 0.188 e. The van der Waals surface area contributed by atoms with Gasteiger partial charge in [-0.25, -0.2) is 0 Å². The van der Waals surface area contributed by atoms with E-state index in [0.717, 1.165) is 31.1 Å². The van der Waals surface area contributed by atoms with Gasteiger partial charge in [-0.1, -0.05) is 38.8 Å². The van der Waals surface area contributed by atoms with Crippen LogP contribution in [0.2, 0.25) is 0 Å². The Hall–Kier alpha value is -1.62. The van der Waals surface area contributed by atoms with Gasteiger partial charge in [0.25, 0.3) is 0 Å². The minimum absolute atomic E-state index is 0.0508. The molecule has 0 atom stereocenters. The number of hydrogen-bond donors (Lipinski definition) is 2. The monoisotopic (exact) mass is 278 g/mol. The maximum absolute atomic E-state index is 8.70. The van der Waals surface area contributed by atoms with E-state index in [4.69, 9.17) is 10.9 Å². The van der Waals surface area contributed by atoms with Gasteiger partial charge < -0.3 is 10.9 Å². The highest BCUT2D eigenvalue weighted by molar-refractivity contribution is 5.95. The number of amidine groups is 1. The first-order chi connectivity index (χ1) is 9.64. The van der Waals surface area contributed by atoms with Gasteiger partial charge in [-0.3, -0.25) is 9.88 Å². The van der Waals surface area contributed by atoms with Gasteiger partial charge >= 0.3 is 0 Å². The average Bonchev–Trinajstić information content (AvgIpc) is 2.50. The molecule has 0 aliphatic heterocycles. The number of nitrogens with two attached hydrogens (primary N) is 1. The summed E-state index contributed by atoms with van der Waals surface area (Å²) in [6, 6.07) is 3.86. The molecule has 0 saturated carbocycles. The summed E-state index contributed by atoms with van der Waals surface area (Å²) in [5, 5.41) is 11.7. The average molecular weight is 278 g/mol. The van der Waals surface area contributed by atoms with Gasteiger partial charge in [0, 0.05) is 19.3 Å². The Labute approximate surface area is 121 Å². The van der Waals surface area contributed by atoms with Gasteiger partial charge in [-0.15, -0.1) is 0 Å². The molecule has 0 amide bonds. The standard InChI is InChI=1S/C15H26N4O/c1-4-12(5-2)10-19(6-3)11-13-7-8-17-14(9-13)15(16)18-20/h7-9,12,20H,4-6,10-11H2,1-3H3,(H2,16,18). The zero-order chi connectivity index (χ0) is 15.0. The van der Waals surface area contributed by atoms with Crippen LogP contribution in [0.1, 0.15) is 44.9 Å². The van der Waals surface area contributed by atoms with E-state index >= 15 is 0 Å². The lowest BCUT2D eigenvalue weighted by Crippen LogP contribution is -2.29. The van der Waals surface area contributed by atoms with Crippen molar-refractivity contribution >= 4 is 5.84 Å². The van der Waals surface area contributed by atoms with Crippen molar-refractivity contribution in [3.63, 3.8) is 0 Å². The minimum Gasteiger partial charge on any atom is -0.409 e. The van der Waals surface area contributed by atoms with E-state index in [1.165, 1.54) is 12.8 Å². The number of oxime groups is 1. The molecule has 3 N–H and O–H groups in total. The summed E-state index contributed by atoms with van der Waals surface area (Å²) >= 11 is 0. The van der Waals surface area contributed by atoms with Crippen molar-refractivity contribution in [1.82, 2.24) is 9.88 Å². The van der Waals surface area contributed by atoms with Crippen LogP contribution in [0.3, 0.4) is 0 Å². The maximum atomic E-state index is 8.70. The molecule has 1 aromatic rings. The molecule has 20 heavy (non-hydrogen) atoms. The van der Waals surface area contributed by atoms with Crippen molar-refractivity contribution in [3.05, 3.63) is 29.6 Å². The molecule has 5 heteroatoms. The molecular weight excluding hydrogens is 252 g/mol. The van der Waals surface area contributed by atoms with Crippen LogP contribution in [0.5, 0.6) is 0 Å².